The highest BCUT2D eigenvalue weighted by atomic mass is 35.5. The van der Waals surface area contributed by atoms with Crippen LogP contribution in [0.3, 0.4) is 0 Å². The van der Waals surface area contributed by atoms with E-state index in [1.807, 2.05) is 13.8 Å². The van der Waals surface area contributed by atoms with Crippen LogP contribution in [0.5, 0.6) is 0 Å². The highest BCUT2D eigenvalue weighted by molar-refractivity contribution is 7.89. The predicted octanol–water partition coefficient (Wildman–Crippen LogP) is 3.95. The van der Waals surface area contributed by atoms with E-state index in [0.29, 0.717) is 5.02 Å². The second kappa shape index (κ2) is 5.60. The lowest BCUT2D eigenvalue weighted by Gasteiger charge is -2.37. The Morgan fingerprint density at radius 3 is 2.32 bits per heavy atom. The largest absolute Gasteiger partial charge is 0.245 e. The second-order valence-corrected chi connectivity index (χ2v) is 7.69. The van der Waals surface area contributed by atoms with E-state index in [0.717, 1.165) is 19.3 Å². The maximum absolute atomic E-state index is 12.8. The lowest BCUT2D eigenvalue weighted by Crippen LogP contribution is -2.47. The fraction of sp³-hybridized carbons (Fsp3) is 0.538. The van der Waals surface area contributed by atoms with Crippen molar-refractivity contribution in [2.75, 3.05) is 0 Å². The average Bonchev–Trinajstić information content (AvgIpc) is 2.31. The van der Waals surface area contributed by atoms with Crippen LogP contribution in [0.25, 0.3) is 0 Å². The van der Waals surface area contributed by atoms with Crippen molar-refractivity contribution >= 4 is 33.2 Å². The summed E-state index contributed by atoms with van der Waals surface area (Å²) in [5, 5.41) is 0.592. The van der Waals surface area contributed by atoms with Gasteiger partial charge in [-0.1, -0.05) is 29.6 Å². The van der Waals surface area contributed by atoms with Gasteiger partial charge in [-0.15, -0.1) is 0 Å². The smallest absolute Gasteiger partial charge is 0.207 e. The SMILES string of the molecule is C[C@@H]1CCC[C@H](C)N1S(=O)(=O)c1cc(Cl)ccc1Cl. The molecule has 0 bridgehead atoms. The molecular formula is C13H17Cl2NO2S. The van der Waals surface area contributed by atoms with E-state index in [2.05, 4.69) is 0 Å². The van der Waals surface area contributed by atoms with Crippen LogP contribution in [0.1, 0.15) is 33.1 Å². The fourth-order valence-electron chi connectivity index (χ4n) is 2.66. The van der Waals surface area contributed by atoms with Gasteiger partial charge < -0.3 is 0 Å². The minimum atomic E-state index is -3.60. The summed E-state index contributed by atoms with van der Waals surface area (Å²) in [6.45, 7) is 3.87. The maximum atomic E-state index is 12.8. The molecule has 0 spiro atoms. The first-order valence-electron chi connectivity index (χ1n) is 6.32. The molecule has 106 valence electrons. The van der Waals surface area contributed by atoms with Crippen LogP contribution < -0.4 is 0 Å². The summed E-state index contributed by atoms with van der Waals surface area (Å²) < 4.78 is 27.1. The molecule has 1 aliphatic heterocycles. The number of piperidine rings is 1. The zero-order valence-corrected chi connectivity index (χ0v) is 13.3. The number of sulfonamides is 1. The van der Waals surface area contributed by atoms with Crippen LogP contribution in [-0.4, -0.2) is 24.8 Å². The Hall–Kier alpha value is -0.290. The van der Waals surface area contributed by atoms with Crippen molar-refractivity contribution in [2.45, 2.75) is 50.1 Å². The van der Waals surface area contributed by atoms with E-state index in [4.69, 9.17) is 23.2 Å². The van der Waals surface area contributed by atoms with Gasteiger partial charge in [0.1, 0.15) is 4.90 Å². The first-order valence-corrected chi connectivity index (χ1v) is 8.52. The Kier molecular flexibility index (Phi) is 4.45. The third kappa shape index (κ3) is 2.92. The van der Waals surface area contributed by atoms with Crippen molar-refractivity contribution in [3.05, 3.63) is 28.2 Å². The summed E-state index contributed by atoms with van der Waals surface area (Å²) in [6.07, 6.45) is 2.81. The molecule has 6 heteroatoms. The number of halogens is 2. The van der Waals surface area contributed by atoms with E-state index < -0.39 is 10.0 Å². The van der Waals surface area contributed by atoms with Gasteiger partial charge in [-0.05, 0) is 44.9 Å². The van der Waals surface area contributed by atoms with Gasteiger partial charge >= 0.3 is 0 Å². The maximum Gasteiger partial charge on any atom is 0.245 e. The third-order valence-electron chi connectivity index (χ3n) is 3.56. The molecule has 0 amide bonds. The standard InChI is InChI=1S/C13H17Cl2NO2S/c1-9-4-3-5-10(2)16(9)19(17,18)13-8-11(14)6-7-12(13)15/h6-10H,3-5H2,1-2H3/t9-,10+. The highest BCUT2D eigenvalue weighted by Gasteiger charge is 2.36. The predicted molar refractivity (Wildman–Crippen MR) is 78.3 cm³/mol. The molecular weight excluding hydrogens is 305 g/mol. The van der Waals surface area contributed by atoms with Gasteiger partial charge in [-0.2, -0.15) is 4.31 Å². The quantitative estimate of drug-likeness (QED) is 0.827. The normalized spacial score (nSPS) is 25.5. The van der Waals surface area contributed by atoms with Crippen molar-refractivity contribution in [3.63, 3.8) is 0 Å². The molecule has 1 saturated heterocycles. The molecule has 1 aliphatic rings. The number of hydrogen-bond acceptors (Lipinski definition) is 2. The first-order chi connectivity index (χ1) is 8.84. The summed E-state index contributed by atoms with van der Waals surface area (Å²) in [7, 11) is -3.60. The van der Waals surface area contributed by atoms with Crippen LogP contribution in [0, 0.1) is 0 Å². The van der Waals surface area contributed by atoms with Crippen molar-refractivity contribution in [2.24, 2.45) is 0 Å². The molecule has 0 N–H and O–H groups in total. The summed E-state index contributed by atoms with van der Waals surface area (Å²) in [5.41, 5.74) is 0. The molecule has 0 aliphatic carbocycles. The summed E-state index contributed by atoms with van der Waals surface area (Å²) in [5.74, 6) is 0. The van der Waals surface area contributed by atoms with Crippen LogP contribution in [0.4, 0.5) is 0 Å². The van der Waals surface area contributed by atoms with Gasteiger partial charge in [0.15, 0.2) is 0 Å². The molecule has 3 nitrogen and oxygen atoms in total. The van der Waals surface area contributed by atoms with Crippen LogP contribution in [-0.2, 0) is 10.0 Å². The van der Waals surface area contributed by atoms with E-state index >= 15 is 0 Å². The van der Waals surface area contributed by atoms with Crippen LogP contribution in [0.2, 0.25) is 10.0 Å². The topological polar surface area (TPSA) is 37.4 Å². The van der Waals surface area contributed by atoms with Crippen LogP contribution >= 0.6 is 23.2 Å². The molecule has 1 heterocycles. The van der Waals surface area contributed by atoms with Crippen molar-refractivity contribution in [1.82, 2.24) is 4.31 Å². The van der Waals surface area contributed by atoms with Gasteiger partial charge in [0, 0.05) is 17.1 Å². The van der Waals surface area contributed by atoms with Gasteiger partial charge in [-0.3, -0.25) is 0 Å². The monoisotopic (exact) mass is 321 g/mol. The number of nitrogens with zero attached hydrogens (tertiary/aromatic N) is 1. The first kappa shape index (κ1) is 15.1. The summed E-state index contributed by atoms with van der Waals surface area (Å²) in [6, 6.07) is 4.52. The van der Waals surface area contributed by atoms with E-state index in [9.17, 15) is 8.42 Å². The average molecular weight is 322 g/mol. The Morgan fingerprint density at radius 1 is 1.16 bits per heavy atom. The number of hydrogen-bond donors (Lipinski definition) is 0. The molecule has 2 rings (SSSR count). The number of rotatable bonds is 2. The Labute approximate surface area is 124 Å². The molecule has 19 heavy (non-hydrogen) atoms. The highest BCUT2D eigenvalue weighted by Crippen LogP contribution is 2.33. The van der Waals surface area contributed by atoms with Crippen LogP contribution in [0.15, 0.2) is 23.1 Å². The fourth-order valence-corrected chi connectivity index (χ4v) is 5.28. The Morgan fingerprint density at radius 2 is 1.74 bits per heavy atom. The van der Waals surface area contributed by atoms with E-state index in [-0.39, 0.29) is 22.0 Å². The van der Waals surface area contributed by atoms with Crippen molar-refractivity contribution < 1.29 is 8.42 Å². The van der Waals surface area contributed by atoms with E-state index in [1.165, 1.54) is 12.1 Å². The lowest BCUT2D eigenvalue weighted by molar-refractivity contribution is 0.204. The summed E-state index contributed by atoms with van der Waals surface area (Å²) in [4.78, 5) is 0.0993. The molecule has 1 aromatic carbocycles. The minimum Gasteiger partial charge on any atom is -0.207 e. The minimum absolute atomic E-state index is 0.0104. The molecule has 0 aromatic heterocycles. The Balaban J connectivity index is 2.49. The van der Waals surface area contributed by atoms with E-state index in [1.54, 1.807) is 10.4 Å². The lowest BCUT2D eigenvalue weighted by atomic mass is 10.0. The zero-order chi connectivity index (χ0) is 14.2. The second-order valence-electron chi connectivity index (χ2n) is 5.04. The molecule has 0 saturated carbocycles. The zero-order valence-electron chi connectivity index (χ0n) is 10.9. The van der Waals surface area contributed by atoms with Gasteiger partial charge in [-0.25, -0.2) is 8.42 Å². The molecule has 1 aromatic rings. The number of benzene rings is 1. The summed E-state index contributed by atoms with van der Waals surface area (Å²) >= 11 is 11.9. The molecule has 1 fully saturated rings. The van der Waals surface area contributed by atoms with Gasteiger partial charge in [0.25, 0.3) is 0 Å². The molecule has 0 radical (unpaired) electrons. The van der Waals surface area contributed by atoms with Gasteiger partial charge in [0.2, 0.25) is 10.0 Å². The van der Waals surface area contributed by atoms with Crippen molar-refractivity contribution in [1.29, 1.82) is 0 Å². The molecule has 2 atom stereocenters. The molecule has 0 unspecified atom stereocenters. The Bertz CT molecular complexity index is 564. The third-order valence-corrected chi connectivity index (χ3v) is 6.41. The van der Waals surface area contributed by atoms with Gasteiger partial charge in [0.05, 0.1) is 5.02 Å². The van der Waals surface area contributed by atoms with Crippen molar-refractivity contribution in [3.8, 4) is 0 Å².